The second kappa shape index (κ2) is 8.55. The number of carboxylic acid groups (broad SMARTS) is 1. The van der Waals surface area contributed by atoms with Crippen molar-refractivity contribution in [3.05, 3.63) is 64.3 Å². The zero-order valence-corrected chi connectivity index (χ0v) is 17.0. The van der Waals surface area contributed by atoms with Crippen molar-refractivity contribution in [3.8, 4) is 11.4 Å². The monoisotopic (exact) mass is 421 g/mol. The fraction of sp³-hybridized carbons (Fsp3) is 0.318. The number of nitrogens with zero attached hydrogens (tertiary/aromatic N) is 4. The van der Waals surface area contributed by atoms with Gasteiger partial charge in [0.05, 0.1) is 23.5 Å². The molecule has 2 aromatic heterocycles. The molecule has 9 heteroatoms. The minimum Gasteiger partial charge on any atom is -0.505 e. The van der Waals surface area contributed by atoms with Crippen LogP contribution in [-0.2, 0) is 4.79 Å². The number of para-hydroxylation sites is 1. The van der Waals surface area contributed by atoms with Crippen molar-refractivity contribution in [1.82, 2.24) is 14.8 Å². The number of aromatic nitrogens is 3. The van der Waals surface area contributed by atoms with Crippen LogP contribution in [0.5, 0.6) is 5.75 Å². The van der Waals surface area contributed by atoms with Gasteiger partial charge in [0, 0.05) is 6.20 Å². The summed E-state index contributed by atoms with van der Waals surface area (Å²) in [4.78, 5) is 28.1. The maximum atomic E-state index is 12.7. The third kappa shape index (κ3) is 4.11. The topological polar surface area (TPSA) is 133 Å². The molecule has 1 aromatic carbocycles. The number of carbonyl (C=O) groups is 1. The number of benzene rings is 1. The molecule has 1 fully saturated rings. The number of hydrogen-bond acceptors (Lipinski definition) is 6. The quantitative estimate of drug-likeness (QED) is 0.527. The van der Waals surface area contributed by atoms with E-state index in [0.717, 1.165) is 12.8 Å². The van der Waals surface area contributed by atoms with Gasteiger partial charge in [0.1, 0.15) is 11.4 Å². The Bertz CT molecular complexity index is 1180. The maximum Gasteiger partial charge on any atom is 0.306 e. The van der Waals surface area contributed by atoms with E-state index in [-0.39, 0.29) is 28.6 Å². The van der Waals surface area contributed by atoms with Gasteiger partial charge in [-0.1, -0.05) is 18.6 Å². The molecule has 0 saturated heterocycles. The molecule has 2 unspecified atom stereocenters. The number of H-pyrrole nitrogens is 1. The van der Waals surface area contributed by atoms with Crippen LogP contribution in [0.4, 0.5) is 11.4 Å². The number of aryl methyl sites for hydroxylation is 1. The molecule has 0 aliphatic heterocycles. The number of aliphatic carboxylic acids is 1. The van der Waals surface area contributed by atoms with Crippen molar-refractivity contribution < 1.29 is 15.0 Å². The molecule has 9 nitrogen and oxygen atoms in total. The molecule has 31 heavy (non-hydrogen) atoms. The standard InChI is InChI=1S/C22H23N5O4/c1-13-19(21(29)27(26-13)16-7-4-10-23-12-16)25-24-18-9-3-8-17(20(18)28)14-5-2-6-15(11-14)22(30)31/h3-4,7-10,12,14-15,26,28H,2,5-6,11H2,1H3,(H,30,31). The molecule has 3 aromatic rings. The first-order valence-corrected chi connectivity index (χ1v) is 10.1. The number of carboxylic acids is 1. The van der Waals surface area contributed by atoms with E-state index in [2.05, 4.69) is 20.3 Å². The summed E-state index contributed by atoms with van der Waals surface area (Å²) < 4.78 is 1.33. The predicted octanol–water partition coefficient (Wildman–Crippen LogP) is 4.35. The number of nitrogens with one attached hydrogen (secondary N) is 1. The molecule has 4 rings (SSSR count). The van der Waals surface area contributed by atoms with E-state index in [1.807, 2.05) is 0 Å². The first-order chi connectivity index (χ1) is 15.0. The van der Waals surface area contributed by atoms with E-state index in [1.54, 1.807) is 49.6 Å². The number of aromatic hydroxyl groups is 1. The average molecular weight is 421 g/mol. The Morgan fingerprint density at radius 1 is 1.23 bits per heavy atom. The van der Waals surface area contributed by atoms with Gasteiger partial charge in [-0.05, 0) is 55.9 Å². The Morgan fingerprint density at radius 3 is 2.81 bits per heavy atom. The summed E-state index contributed by atoms with van der Waals surface area (Å²) in [6, 6.07) is 8.63. The van der Waals surface area contributed by atoms with Crippen molar-refractivity contribution >= 4 is 17.3 Å². The Morgan fingerprint density at radius 2 is 2.06 bits per heavy atom. The Kier molecular flexibility index (Phi) is 5.66. The van der Waals surface area contributed by atoms with Gasteiger partial charge in [-0.25, -0.2) is 4.68 Å². The highest BCUT2D eigenvalue weighted by atomic mass is 16.4. The summed E-state index contributed by atoms with van der Waals surface area (Å²) in [5.74, 6) is -1.28. The molecular formula is C22H23N5O4. The lowest BCUT2D eigenvalue weighted by atomic mass is 9.77. The predicted molar refractivity (Wildman–Crippen MR) is 114 cm³/mol. The van der Waals surface area contributed by atoms with Crippen molar-refractivity contribution in [2.24, 2.45) is 16.1 Å². The van der Waals surface area contributed by atoms with Crippen LogP contribution in [0.3, 0.4) is 0 Å². The number of rotatable bonds is 5. The summed E-state index contributed by atoms with van der Waals surface area (Å²) in [6.07, 6.45) is 5.92. The largest absolute Gasteiger partial charge is 0.505 e. The molecule has 3 N–H and O–H groups in total. The highest BCUT2D eigenvalue weighted by molar-refractivity contribution is 5.70. The minimum atomic E-state index is -0.798. The van der Waals surface area contributed by atoms with E-state index < -0.39 is 11.9 Å². The molecule has 0 radical (unpaired) electrons. The number of phenolic OH excluding ortho intramolecular Hbond substituents is 1. The molecule has 0 spiro atoms. The lowest BCUT2D eigenvalue weighted by Gasteiger charge is -2.27. The van der Waals surface area contributed by atoms with Crippen LogP contribution in [0.2, 0.25) is 0 Å². The fourth-order valence-corrected chi connectivity index (χ4v) is 4.08. The Balaban J connectivity index is 1.62. The third-order valence-corrected chi connectivity index (χ3v) is 5.71. The highest BCUT2D eigenvalue weighted by Crippen LogP contribution is 2.43. The summed E-state index contributed by atoms with van der Waals surface area (Å²) in [6.45, 7) is 1.72. The van der Waals surface area contributed by atoms with Crippen LogP contribution in [0.25, 0.3) is 5.69 Å². The van der Waals surface area contributed by atoms with Crippen LogP contribution in [0.1, 0.15) is 42.9 Å². The van der Waals surface area contributed by atoms with Crippen LogP contribution in [0.15, 0.2) is 57.7 Å². The number of aromatic amines is 1. The summed E-state index contributed by atoms with van der Waals surface area (Å²) >= 11 is 0. The average Bonchev–Trinajstić information content (AvgIpc) is 3.07. The van der Waals surface area contributed by atoms with Gasteiger partial charge in [-0.3, -0.25) is 19.7 Å². The molecule has 0 amide bonds. The molecule has 1 saturated carbocycles. The van der Waals surface area contributed by atoms with Gasteiger partial charge in [-0.2, -0.15) is 0 Å². The maximum absolute atomic E-state index is 12.7. The van der Waals surface area contributed by atoms with Crippen LogP contribution < -0.4 is 5.56 Å². The zero-order valence-electron chi connectivity index (χ0n) is 17.0. The smallest absolute Gasteiger partial charge is 0.306 e. The Labute approximate surface area is 178 Å². The van der Waals surface area contributed by atoms with Crippen molar-refractivity contribution in [1.29, 1.82) is 0 Å². The van der Waals surface area contributed by atoms with E-state index in [4.69, 9.17) is 0 Å². The van der Waals surface area contributed by atoms with E-state index in [1.165, 1.54) is 4.68 Å². The molecule has 2 heterocycles. The summed E-state index contributed by atoms with van der Waals surface area (Å²) in [5, 5.41) is 31.3. The van der Waals surface area contributed by atoms with Gasteiger partial charge in [0.25, 0.3) is 5.56 Å². The number of azo groups is 1. The van der Waals surface area contributed by atoms with Gasteiger partial charge in [-0.15, -0.1) is 10.2 Å². The third-order valence-electron chi connectivity index (χ3n) is 5.71. The van der Waals surface area contributed by atoms with E-state index >= 15 is 0 Å². The second-order valence-corrected chi connectivity index (χ2v) is 7.75. The lowest BCUT2D eigenvalue weighted by molar-refractivity contribution is -0.143. The van der Waals surface area contributed by atoms with E-state index in [0.29, 0.717) is 29.8 Å². The molecule has 1 aliphatic carbocycles. The SMILES string of the molecule is Cc1[nH]n(-c2cccnc2)c(=O)c1N=Nc1cccc(C2CCCC(C(=O)O)C2)c1O. The van der Waals surface area contributed by atoms with Crippen LogP contribution >= 0.6 is 0 Å². The minimum absolute atomic E-state index is 0.0249. The van der Waals surface area contributed by atoms with E-state index in [9.17, 15) is 19.8 Å². The second-order valence-electron chi connectivity index (χ2n) is 7.75. The lowest BCUT2D eigenvalue weighted by Crippen LogP contribution is -2.21. The zero-order chi connectivity index (χ0) is 22.0. The molecule has 1 aliphatic rings. The molecule has 160 valence electrons. The van der Waals surface area contributed by atoms with Crippen LogP contribution in [-0.4, -0.2) is 30.9 Å². The molecule has 2 atom stereocenters. The number of phenols is 1. The van der Waals surface area contributed by atoms with Gasteiger partial charge >= 0.3 is 5.97 Å². The summed E-state index contributed by atoms with van der Waals surface area (Å²) in [7, 11) is 0. The number of pyridine rings is 1. The van der Waals surface area contributed by atoms with Crippen LogP contribution in [0, 0.1) is 12.8 Å². The first kappa shape index (κ1) is 20.5. The first-order valence-electron chi connectivity index (χ1n) is 10.1. The Hall–Kier alpha value is -3.75. The van der Waals surface area contributed by atoms with Gasteiger partial charge in [0.2, 0.25) is 0 Å². The van der Waals surface area contributed by atoms with Crippen molar-refractivity contribution in [2.45, 2.75) is 38.5 Å². The van der Waals surface area contributed by atoms with Crippen molar-refractivity contribution in [3.63, 3.8) is 0 Å². The molecule has 0 bridgehead atoms. The highest BCUT2D eigenvalue weighted by Gasteiger charge is 2.29. The summed E-state index contributed by atoms with van der Waals surface area (Å²) in [5.41, 5.74) is 1.78. The van der Waals surface area contributed by atoms with Gasteiger partial charge in [0.15, 0.2) is 5.69 Å². The van der Waals surface area contributed by atoms with Gasteiger partial charge < -0.3 is 10.2 Å². The number of hydrogen-bond donors (Lipinski definition) is 3. The normalized spacial score (nSPS) is 19.0. The fourth-order valence-electron chi connectivity index (χ4n) is 4.08. The van der Waals surface area contributed by atoms with Crippen molar-refractivity contribution in [2.75, 3.05) is 0 Å². The molecular weight excluding hydrogens is 398 g/mol.